The van der Waals surface area contributed by atoms with E-state index in [0.29, 0.717) is 0 Å². The maximum absolute atomic E-state index is 8.81. The lowest BCUT2D eigenvalue weighted by Gasteiger charge is -1.41. The Hall–Kier alpha value is -1.12. The summed E-state index contributed by atoms with van der Waals surface area (Å²) in [6, 6.07) is 0. The molecule has 0 unspecified atom stereocenters. The predicted molar refractivity (Wildman–Crippen MR) is 25.0 cm³/mol. The summed E-state index contributed by atoms with van der Waals surface area (Å²) < 4.78 is 0. The first-order valence-electron chi connectivity index (χ1n) is 1.47. The topological polar surface area (TPSA) is 54.4 Å². The van der Waals surface area contributed by atoms with Gasteiger partial charge in [-0.25, -0.2) is 0 Å². The van der Waals surface area contributed by atoms with Crippen molar-refractivity contribution in [3.63, 3.8) is 0 Å². The van der Waals surface area contributed by atoms with Crippen molar-refractivity contribution < 1.29 is 14.7 Å². The predicted octanol–water partition coefficient (Wildman–Crippen LogP) is 0.0721. The fraction of sp³-hybridized carbons (Fsp3) is 0. The molecule has 0 amide bonds. The zero-order valence-corrected chi connectivity index (χ0v) is 3.70. The minimum absolute atomic E-state index is 0.194. The molecule has 3 heteroatoms. The van der Waals surface area contributed by atoms with E-state index in [2.05, 4.69) is 6.58 Å². The second kappa shape index (κ2) is 20.8. The van der Waals surface area contributed by atoms with Gasteiger partial charge < -0.3 is 5.11 Å². The van der Waals surface area contributed by atoms with Crippen molar-refractivity contribution in [2.24, 2.45) is 0 Å². The number of aliphatic hydroxyl groups excluding tert-OH is 1. The maximum atomic E-state index is 8.81. The van der Waals surface area contributed by atoms with Crippen LogP contribution < -0.4 is 0 Å². The minimum atomic E-state index is 0.194. The molecule has 0 aromatic rings. The average molecular weight is 102 g/mol. The molecule has 0 spiro atoms. The van der Waals surface area contributed by atoms with Crippen LogP contribution in [0.2, 0.25) is 0 Å². The molecule has 0 atom stereocenters. The highest BCUT2D eigenvalue weighted by molar-refractivity contribution is 6.09. The van der Waals surface area contributed by atoms with Gasteiger partial charge in [0.05, 0.1) is 6.26 Å². The Kier molecular flexibility index (Phi) is 27.6. The largest absolute Gasteiger partial charge is 0.516 e. The molecule has 0 aliphatic heterocycles. The van der Waals surface area contributed by atoms with Crippen LogP contribution in [-0.2, 0) is 9.59 Å². The normalized spacial score (nSPS) is 4.57. The molecule has 0 aliphatic carbocycles. The lowest BCUT2D eigenvalue weighted by atomic mass is 10.9. The van der Waals surface area contributed by atoms with E-state index in [-0.39, 0.29) is 12.6 Å². The van der Waals surface area contributed by atoms with Crippen LogP contribution in [0.25, 0.3) is 0 Å². The van der Waals surface area contributed by atoms with Crippen molar-refractivity contribution in [2.75, 3.05) is 0 Å². The monoisotopic (exact) mass is 102 g/mol. The summed E-state index contributed by atoms with van der Waals surface area (Å²) in [6.45, 7) is 2.92. The van der Waals surface area contributed by atoms with Gasteiger partial charge in [0, 0.05) is 0 Å². The summed E-state index contributed by atoms with van der Waals surface area (Å²) in [6.07, 6.45) is 1.14. The SMILES string of the molecule is C=CO.O=CC=O. The smallest absolute Gasteiger partial charge is 0.182 e. The minimum Gasteiger partial charge on any atom is -0.516 e. The van der Waals surface area contributed by atoms with Gasteiger partial charge in [-0.1, -0.05) is 6.58 Å². The quantitative estimate of drug-likeness (QED) is 0.289. The molecule has 0 fully saturated rings. The van der Waals surface area contributed by atoms with Gasteiger partial charge >= 0.3 is 0 Å². The lowest BCUT2D eigenvalue weighted by Crippen LogP contribution is -1.62. The Morgan fingerprint density at radius 3 is 1.43 bits per heavy atom. The van der Waals surface area contributed by atoms with Crippen LogP contribution in [0.3, 0.4) is 0 Å². The molecule has 0 aromatic heterocycles. The van der Waals surface area contributed by atoms with Crippen LogP contribution in [0.4, 0.5) is 0 Å². The maximum Gasteiger partial charge on any atom is 0.182 e. The number of carbonyl (C=O) groups excluding carboxylic acids is 2. The number of aliphatic hydroxyl groups is 1. The molecule has 0 saturated heterocycles. The van der Waals surface area contributed by atoms with Gasteiger partial charge in [-0.15, -0.1) is 0 Å². The fourth-order valence-corrected chi connectivity index (χ4v) is 0. The number of aldehydes is 2. The van der Waals surface area contributed by atoms with E-state index in [1.165, 1.54) is 0 Å². The Labute approximate surface area is 41.3 Å². The number of hydrogen-bond donors (Lipinski definition) is 1. The van der Waals surface area contributed by atoms with E-state index in [1.807, 2.05) is 0 Å². The second-order valence-electron chi connectivity index (χ2n) is 0.455. The summed E-state index contributed by atoms with van der Waals surface area (Å²) in [4.78, 5) is 17.6. The fourth-order valence-electron chi connectivity index (χ4n) is 0. The van der Waals surface area contributed by atoms with Crippen LogP contribution >= 0.6 is 0 Å². The first-order chi connectivity index (χ1) is 3.33. The third-order valence-electron chi connectivity index (χ3n) is 0.0556. The molecule has 0 bridgehead atoms. The van der Waals surface area contributed by atoms with Crippen LogP contribution in [-0.4, -0.2) is 17.7 Å². The van der Waals surface area contributed by atoms with E-state index in [4.69, 9.17) is 14.7 Å². The molecule has 0 saturated carbocycles. The number of rotatable bonds is 1. The van der Waals surface area contributed by atoms with Crippen molar-refractivity contribution in [3.8, 4) is 0 Å². The van der Waals surface area contributed by atoms with E-state index in [1.54, 1.807) is 0 Å². The summed E-state index contributed by atoms with van der Waals surface area (Å²) in [5.74, 6) is 0. The Balaban J connectivity index is 0. The number of carbonyl (C=O) groups is 2. The van der Waals surface area contributed by atoms with Gasteiger partial charge in [-0.2, -0.15) is 0 Å². The zero-order valence-electron chi connectivity index (χ0n) is 3.70. The van der Waals surface area contributed by atoms with E-state index in [9.17, 15) is 0 Å². The van der Waals surface area contributed by atoms with Gasteiger partial charge in [0.25, 0.3) is 0 Å². The van der Waals surface area contributed by atoms with Crippen LogP contribution in [0.1, 0.15) is 0 Å². The third-order valence-corrected chi connectivity index (χ3v) is 0.0556. The van der Waals surface area contributed by atoms with E-state index >= 15 is 0 Å². The molecule has 0 rings (SSSR count). The van der Waals surface area contributed by atoms with Crippen molar-refractivity contribution >= 4 is 12.6 Å². The van der Waals surface area contributed by atoms with Crippen molar-refractivity contribution in [1.82, 2.24) is 0 Å². The van der Waals surface area contributed by atoms with Gasteiger partial charge in [-0.05, 0) is 0 Å². The van der Waals surface area contributed by atoms with Crippen LogP contribution in [0.15, 0.2) is 12.8 Å². The van der Waals surface area contributed by atoms with E-state index in [0.717, 1.165) is 6.26 Å². The molecular weight excluding hydrogens is 96.0 g/mol. The highest BCUT2D eigenvalue weighted by Gasteiger charge is 1.47. The van der Waals surface area contributed by atoms with Crippen molar-refractivity contribution in [2.45, 2.75) is 0 Å². The summed E-state index contributed by atoms with van der Waals surface area (Å²) in [5.41, 5.74) is 0. The Morgan fingerprint density at radius 1 is 1.29 bits per heavy atom. The van der Waals surface area contributed by atoms with Crippen molar-refractivity contribution in [1.29, 1.82) is 0 Å². The second-order valence-corrected chi connectivity index (χ2v) is 0.455. The van der Waals surface area contributed by atoms with Gasteiger partial charge in [0.1, 0.15) is 0 Å². The molecule has 0 aliphatic rings. The number of hydrogen-bond acceptors (Lipinski definition) is 3. The highest BCUT2D eigenvalue weighted by Crippen LogP contribution is 1.26. The molecule has 1 N–H and O–H groups in total. The molecule has 40 valence electrons. The Bertz CT molecular complexity index is 52.0. The molecular formula is C4H6O3. The van der Waals surface area contributed by atoms with E-state index < -0.39 is 0 Å². The summed E-state index contributed by atoms with van der Waals surface area (Å²) in [5, 5.41) is 7.33. The first-order valence-corrected chi connectivity index (χ1v) is 1.47. The van der Waals surface area contributed by atoms with Crippen LogP contribution in [0.5, 0.6) is 0 Å². The zero-order chi connectivity index (χ0) is 6.12. The first kappa shape index (κ1) is 9.30. The lowest BCUT2D eigenvalue weighted by molar-refractivity contribution is -0.122. The molecule has 3 nitrogen and oxygen atoms in total. The highest BCUT2D eigenvalue weighted by atomic mass is 16.2. The van der Waals surface area contributed by atoms with Crippen LogP contribution in [0, 0.1) is 0 Å². The summed E-state index contributed by atoms with van der Waals surface area (Å²) >= 11 is 0. The van der Waals surface area contributed by atoms with Gasteiger partial charge in [-0.3, -0.25) is 9.59 Å². The van der Waals surface area contributed by atoms with Crippen molar-refractivity contribution in [3.05, 3.63) is 12.8 Å². The average Bonchev–Trinajstić information content (AvgIpc) is 1.69. The molecule has 0 heterocycles. The third kappa shape index (κ3) is 2810. The van der Waals surface area contributed by atoms with Gasteiger partial charge in [0.2, 0.25) is 0 Å². The molecule has 7 heavy (non-hydrogen) atoms. The Morgan fingerprint density at radius 2 is 1.43 bits per heavy atom. The standard InChI is InChI=1S/C2H2O2.C2H4O/c3-1-2-4;1-2-3/h1-2H;2-3H,1H2. The summed E-state index contributed by atoms with van der Waals surface area (Å²) in [7, 11) is 0. The molecule has 0 radical (unpaired) electrons. The van der Waals surface area contributed by atoms with Gasteiger partial charge in [0.15, 0.2) is 12.6 Å². The molecule has 0 aromatic carbocycles.